The smallest absolute Gasteiger partial charge is 0.872 e. The van der Waals surface area contributed by atoms with Gasteiger partial charge in [0.15, 0.2) is 0 Å². The molecule has 1 aromatic heterocycles. The van der Waals surface area contributed by atoms with Crippen molar-refractivity contribution in [1.82, 2.24) is 0 Å². The van der Waals surface area contributed by atoms with Crippen LogP contribution in [-0.2, 0) is 7.05 Å². The van der Waals surface area contributed by atoms with Gasteiger partial charge in [-0.15, -0.1) is 0 Å². The Hall–Kier alpha value is -1.27. The summed E-state index contributed by atoms with van der Waals surface area (Å²) >= 11 is 1.65. The van der Waals surface area contributed by atoms with Crippen molar-refractivity contribution in [3.05, 3.63) is 48.5 Å². The molecule has 3 rings (SSSR count). The second-order valence-electron chi connectivity index (χ2n) is 3.93. The van der Waals surface area contributed by atoms with Gasteiger partial charge in [0.2, 0.25) is 5.52 Å². The van der Waals surface area contributed by atoms with Gasteiger partial charge in [0.1, 0.15) is 11.7 Å². The van der Waals surface area contributed by atoms with Crippen molar-refractivity contribution in [1.29, 1.82) is 0 Å². The summed E-state index contributed by atoms with van der Waals surface area (Å²) in [6.07, 6.45) is 0. The Morgan fingerprint density at radius 2 is 1.67 bits per heavy atom. The number of hydrogen-bond donors (Lipinski definition) is 0. The molecule has 1 heterocycles. The molecular formula is C14H11LiNOS+. The van der Waals surface area contributed by atoms with Gasteiger partial charge in [-0.05, 0) is 12.1 Å². The summed E-state index contributed by atoms with van der Waals surface area (Å²) in [5.41, 5.74) is 1.94. The molecule has 0 aliphatic heterocycles. The Balaban J connectivity index is 0.00000120. The van der Waals surface area contributed by atoms with E-state index in [-0.39, 0.29) is 24.6 Å². The third-order valence-electron chi connectivity index (χ3n) is 2.86. The van der Waals surface area contributed by atoms with E-state index in [9.17, 15) is 5.11 Å². The van der Waals surface area contributed by atoms with Crippen LogP contribution in [0.15, 0.2) is 48.5 Å². The first-order valence-corrected chi connectivity index (χ1v) is 6.23. The molecule has 18 heavy (non-hydrogen) atoms. The van der Waals surface area contributed by atoms with Crippen LogP contribution in [0.1, 0.15) is 0 Å². The van der Waals surface area contributed by atoms with Crippen molar-refractivity contribution in [3.8, 4) is 16.3 Å². The molecule has 2 nitrogen and oxygen atoms in total. The number of para-hydroxylation sites is 2. The van der Waals surface area contributed by atoms with Crippen molar-refractivity contribution >= 4 is 21.6 Å². The van der Waals surface area contributed by atoms with Crippen molar-refractivity contribution in [2.75, 3.05) is 0 Å². The summed E-state index contributed by atoms with van der Waals surface area (Å²) in [6, 6.07) is 15.4. The first-order valence-electron chi connectivity index (χ1n) is 5.41. The molecule has 0 saturated heterocycles. The molecule has 84 valence electrons. The molecule has 0 bridgehead atoms. The van der Waals surface area contributed by atoms with Crippen molar-refractivity contribution in [3.63, 3.8) is 0 Å². The minimum Gasteiger partial charge on any atom is -0.872 e. The van der Waals surface area contributed by atoms with Crippen LogP contribution in [-0.4, -0.2) is 0 Å². The fourth-order valence-corrected chi connectivity index (χ4v) is 3.16. The summed E-state index contributed by atoms with van der Waals surface area (Å²) in [5, 5.41) is 12.9. The number of hydrogen-bond acceptors (Lipinski definition) is 2. The van der Waals surface area contributed by atoms with Gasteiger partial charge in [0.05, 0.1) is 0 Å². The van der Waals surface area contributed by atoms with Gasteiger partial charge in [-0.1, -0.05) is 47.4 Å². The largest absolute Gasteiger partial charge is 1.00 e. The predicted molar refractivity (Wildman–Crippen MR) is 67.9 cm³/mol. The molecule has 0 atom stereocenters. The number of aryl methyl sites for hydroxylation is 1. The van der Waals surface area contributed by atoms with E-state index in [0.29, 0.717) is 0 Å². The van der Waals surface area contributed by atoms with Crippen LogP contribution in [0.2, 0.25) is 0 Å². The van der Waals surface area contributed by atoms with E-state index in [4.69, 9.17) is 0 Å². The van der Waals surface area contributed by atoms with Crippen LogP contribution in [0.25, 0.3) is 20.8 Å². The SMILES string of the molecule is C[n+]1c(-c2ccccc2[O-])sc2ccccc21.[Li+]. The van der Waals surface area contributed by atoms with E-state index >= 15 is 0 Å². The maximum atomic E-state index is 11.8. The van der Waals surface area contributed by atoms with Crippen LogP contribution in [0.3, 0.4) is 0 Å². The third-order valence-corrected chi connectivity index (χ3v) is 4.11. The Labute approximate surface area is 122 Å². The van der Waals surface area contributed by atoms with Crippen LogP contribution < -0.4 is 28.5 Å². The zero-order valence-electron chi connectivity index (χ0n) is 10.4. The predicted octanol–water partition coefficient (Wildman–Crippen LogP) is -0.530. The minimum absolute atomic E-state index is 0. The molecule has 0 aliphatic carbocycles. The van der Waals surface area contributed by atoms with Crippen LogP contribution in [0, 0.1) is 0 Å². The van der Waals surface area contributed by atoms with Crippen molar-refractivity contribution < 1.29 is 28.5 Å². The van der Waals surface area contributed by atoms with E-state index in [1.807, 2.05) is 31.3 Å². The molecule has 0 N–H and O–H groups in total. The molecule has 2 aromatic carbocycles. The van der Waals surface area contributed by atoms with Gasteiger partial charge < -0.3 is 5.11 Å². The standard InChI is InChI=1S/C14H11NOS.Li/c1-15-11-7-3-5-9-13(11)17-14(15)10-6-2-4-8-12(10)16;/h2-9H,1H3;/q;+1. The second kappa shape index (κ2) is 5.15. The molecule has 0 saturated carbocycles. The van der Waals surface area contributed by atoms with Gasteiger partial charge in [-0.25, -0.2) is 0 Å². The summed E-state index contributed by atoms with van der Waals surface area (Å²) < 4.78 is 3.28. The van der Waals surface area contributed by atoms with E-state index < -0.39 is 0 Å². The quantitative estimate of drug-likeness (QED) is 0.420. The second-order valence-corrected chi connectivity index (χ2v) is 4.96. The van der Waals surface area contributed by atoms with Gasteiger partial charge >= 0.3 is 18.9 Å². The fourth-order valence-electron chi connectivity index (χ4n) is 1.98. The maximum Gasteiger partial charge on any atom is 1.00 e. The summed E-state index contributed by atoms with van der Waals surface area (Å²) in [5.74, 6) is 0.0784. The van der Waals surface area contributed by atoms with E-state index in [1.54, 1.807) is 23.5 Å². The molecule has 4 heteroatoms. The topological polar surface area (TPSA) is 26.9 Å². The van der Waals surface area contributed by atoms with Crippen molar-refractivity contribution in [2.24, 2.45) is 7.05 Å². The normalized spacial score (nSPS) is 10.3. The van der Waals surface area contributed by atoms with E-state index in [0.717, 1.165) is 16.1 Å². The number of fused-ring (bicyclic) bond motifs is 1. The maximum absolute atomic E-state index is 11.8. The summed E-state index contributed by atoms with van der Waals surface area (Å²) in [4.78, 5) is 0. The molecule has 3 aromatic rings. The van der Waals surface area contributed by atoms with E-state index in [1.165, 1.54) is 4.70 Å². The average molecular weight is 248 g/mol. The summed E-state index contributed by atoms with van der Waals surface area (Å²) in [6.45, 7) is 0. The molecule has 0 spiro atoms. The summed E-state index contributed by atoms with van der Waals surface area (Å²) in [7, 11) is 2.00. The monoisotopic (exact) mass is 248 g/mol. The Kier molecular flexibility index (Phi) is 3.77. The Morgan fingerprint density at radius 1 is 1.00 bits per heavy atom. The molecule has 0 aliphatic rings. The minimum atomic E-state index is 0. The molecule has 0 amide bonds. The van der Waals surface area contributed by atoms with Crippen LogP contribution in [0.4, 0.5) is 0 Å². The van der Waals surface area contributed by atoms with Crippen LogP contribution >= 0.6 is 11.3 Å². The molecular weight excluding hydrogens is 237 g/mol. The first kappa shape index (κ1) is 13.2. The van der Waals surface area contributed by atoms with Gasteiger partial charge in [-0.3, -0.25) is 0 Å². The first-order chi connectivity index (χ1) is 8.27. The van der Waals surface area contributed by atoms with Crippen LogP contribution in [0.5, 0.6) is 5.75 Å². The molecule has 0 fully saturated rings. The Morgan fingerprint density at radius 3 is 2.39 bits per heavy atom. The zero-order chi connectivity index (χ0) is 11.8. The number of aromatic nitrogens is 1. The third kappa shape index (κ3) is 2.06. The van der Waals surface area contributed by atoms with Gasteiger partial charge in [0, 0.05) is 11.6 Å². The number of rotatable bonds is 1. The van der Waals surface area contributed by atoms with Gasteiger partial charge in [0.25, 0.3) is 5.01 Å². The van der Waals surface area contributed by atoms with Gasteiger partial charge in [-0.2, -0.15) is 4.57 Å². The fraction of sp³-hybridized carbons (Fsp3) is 0.0714. The molecule has 0 unspecified atom stereocenters. The number of thiazole rings is 1. The zero-order valence-corrected chi connectivity index (χ0v) is 11.2. The molecule has 0 radical (unpaired) electrons. The average Bonchev–Trinajstić information content (AvgIpc) is 2.68. The number of benzene rings is 2. The van der Waals surface area contributed by atoms with Crippen molar-refractivity contribution in [2.45, 2.75) is 0 Å². The Bertz CT molecular complexity index is 693. The van der Waals surface area contributed by atoms with E-state index in [2.05, 4.69) is 16.7 Å². The number of nitrogens with zero attached hydrogens (tertiary/aromatic N) is 1.